The molecule has 6 aromatic heterocycles. The van der Waals surface area contributed by atoms with Gasteiger partial charge in [0.1, 0.15) is 11.6 Å². The van der Waals surface area contributed by atoms with E-state index in [-0.39, 0.29) is 11.6 Å². The molecule has 8 heterocycles. The number of piperidine rings is 2. The first kappa shape index (κ1) is 39.6. The summed E-state index contributed by atoms with van der Waals surface area (Å²) in [7, 11) is 2.13. The number of hydrogen-bond acceptors (Lipinski definition) is 10. The molecule has 8 aromatic rings. The van der Waals surface area contributed by atoms with Crippen molar-refractivity contribution < 1.29 is 8.78 Å². The zero-order chi connectivity index (χ0) is 41.8. The van der Waals surface area contributed by atoms with Crippen LogP contribution in [-0.2, 0) is 0 Å². The van der Waals surface area contributed by atoms with Crippen molar-refractivity contribution in [2.75, 3.05) is 33.2 Å². The van der Waals surface area contributed by atoms with Gasteiger partial charge in [0.2, 0.25) is 0 Å². The number of aryl methyl sites for hydroxylation is 4. The zero-order valence-corrected chi connectivity index (χ0v) is 35.3. The van der Waals surface area contributed by atoms with E-state index >= 15 is 8.78 Å². The second-order valence-corrected chi connectivity index (χ2v) is 17.0. The predicted octanol–water partition coefficient (Wildman–Crippen LogP) is 8.59. The Morgan fingerprint density at radius 3 is 1.43 bits per heavy atom. The second-order valence-electron chi connectivity index (χ2n) is 17.0. The van der Waals surface area contributed by atoms with Crippen molar-refractivity contribution in [3.8, 4) is 22.5 Å². The molecule has 12 nitrogen and oxygen atoms in total. The van der Waals surface area contributed by atoms with Crippen molar-refractivity contribution in [1.82, 2.24) is 59.4 Å². The van der Waals surface area contributed by atoms with E-state index in [1.165, 1.54) is 0 Å². The lowest BCUT2D eigenvalue weighted by Gasteiger charge is -2.34. The summed E-state index contributed by atoms with van der Waals surface area (Å²) in [6.07, 6.45) is 7.88. The zero-order valence-electron chi connectivity index (χ0n) is 35.3. The fraction of sp³-hybridized carbons (Fsp3) is 0.391. The van der Waals surface area contributed by atoms with E-state index in [0.717, 1.165) is 97.1 Å². The van der Waals surface area contributed by atoms with Gasteiger partial charge in [-0.15, -0.1) is 0 Å². The Morgan fingerprint density at radius 1 is 0.567 bits per heavy atom. The van der Waals surface area contributed by atoms with E-state index in [9.17, 15) is 0 Å². The lowest BCUT2D eigenvalue weighted by molar-refractivity contribution is 0.170. The topological polar surface area (TPSA) is 118 Å². The van der Waals surface area contributed by atoms with Gasteiger partial charge in [0.05, 0.1) is 57.6 Å². The normalized spacial score (nSPS) is 16.1. The van der Waals surface area contributed by atoms with Crippen LogP contribution >= 0.6 is 0 Å². The molecule has 0 radical (unpaired) electrons. The summed E-state index contributed by atoms with van der Waals surface area (Å²) >= 11 is 0. The van der Waals surface area contributed by atoms with Crippen molar-refractivity contribution in [3.63, 3.8) is 0 Å². The molecule has 0 atom stereocenters. The molecule has 10 rings (SSSR count). The largest absolute Gasteiger partial charge is 0.306 e. The van der Waals surface area contributed by atoms with Crippen LogP contribution in [0.15, 0.2) is 60.9 Å². The molecule has 2 aliphatic rings. The number of imidazole rings is 2. The highest BCUT2D eigenvalue weighted by atomic mass is 19.1. The van der Waals surface area contributed by atoms with Gasteiger partial charge in [-0.25, -0.2) is 27.8 Å². The van der Waals surface area contributed by atoms with Gasteiger partial charge in [0.15, 0.2) is 11.3 Å². The Morgan fingerprint density at radius 2 is 1.00 bits per heavy atom. The third-order valence-corrected chi connectivity index (χ3v) is 12.2. The first-order valence-electron chi connectivity index (χ1n) is 20.9. The number of benzene rings is 2. The SMILES string of the molecule is Cc1cn2nc(-c3cc(F)c4cc(C5CCN(C(C)C)CC5)nnc4c3)cc(C)c2n1.Cc1cn2nc(-c3cc(F)c4cc(C5CCN(C)CC5)nnc4c3)cc(C)c2n1. The molecule has 0 amide bonds. The number of fused-ring (bicyclic) bond motifs is 4. The summed E-state index contributed by atoms with van der Waals surface area (Å²) in [5.41, 5.74) is 11.1. The number of aromatic nitrogens is 10. The van der Waals surface area contributed by atoms with E-state index < -0.39 is 0 Å². The van der Waals surface area contributed by atoms with E-state index in [1.807, 2.05) is 76.5 Å². The van der Waals surface area contributed by atoms with Gasteiger partial charge >= 0.3 is 0 Å². The van der Waals surface area contributed by atoms with Crippen LogP contribution in [0.1, 0.15) is 85.3 Å². The molecule has 2 aliphatic heterocycles. The molecule has 0 aliphatic carbocycles. The van der Waals surface area contributed by atoms with Crippen molar-refractivity contribution in [3.05, 3.63) is 106 Å². The first-order valence-corrected chi connectivity index (χ1v) is 20.9. The summed E-state index contributed by atoms with van der Waals surface area (Å²) in [6.45, 7) is 16.5. The molecule has 2 saturated heterocycles. The van der Waals surface area contributed by atoms with Gasteiger partial charge in [0.25, 0.3) is 0 Å². The molecule has 14 heteroatoms. The highest BCUT2D eigenvalue weighted by Crippen LogP contribution is 2.33. The van der Waals surface area contributed by atoms with Crippen LogP contribution in [-0.4, -0.2) is 98.7 Å². The van der Waals surface area contributed by atoms with Crippen LogP contribution in [0.3, 0.4) is 0 Å². The average molecular weight is 809 g/mol. The molecule has 60 heavy (non-hydrogen) atoms. The fourth-order valence-corrected chi connectivity index (χ4v) is 8.72. The van der Waals surface area contributed by atoms with Crippen molar-refractivity contribution >= 4 is 33.1 Å². The van der Waals surface area contributed by atoms with E-state index in [0.29, 0.717) is 62.2 Å². The highest BCUT2D eigenvalue weighted by Gasteiger charge is 2.25. The maximum Gasteiger partial charge on any atom is 0.156 e. The Bertz CT molecular complexity index is 2890. The Balaban J connectivity index is 0.000000154. The Labute approximate surface area is 347 Å². The number of hydrogen-bond donors (Lipinski definition) is 0. The van der Waals surface area contributed by atoms with Gasteiger partial charge in [-0.2, -0.15) is 30.6 Å². The van der Waals surface area contributed by atoms with Gasteiger partial charge in [-0.3, -0.25) is 0 Å². The first-order chi connectivity index (χ1) is 28.9. The summed E-state index contributed by atoms with van der Waals surface area (Å²) in [4.78, 5) is 13.7. The van der Waals surface area contributed by atoms with Crippen LogP contribution in [0.5, 0.6) is 0 Å². The summed E-state index contributed by atoms with van der Waals surface area (Å²) in [5, 5.41) is 27.9. The number of nitrogens with zero attached hydrogens (tertiary/aromatic N) is 12. The maximum absolute atomic E-state index is 15.1. The third-order valence-electron chi connectivity index (χ3n) is 12.2. The number of likely N-dealkylation sites (tertiary alicyclic amines) is 2. The highest BCUT2D eigenvalue weighted by molar-refractivity contribution is 5.85. The van der Waals surface area contributed by atoms with Crippen molar-refractivity contribution in [2.45, 2.75) is 85.1 Å². The average Bonchev–Trinajstić information content (AvgIpc) is 3.82. The van der Waals surface area contributed by atoms with E-state index in [4.69, 9.17) is 0 Å². The maximum atomic E-state index is 15.1. The van der Waals surface area contributed by atoms with E-state index in [1.54, 1.807) is 21.2 Å². The van der Waals surface area contributed by atoms with Crippen molar-refractivity contribution in [1.29, 1.82) is 0 Å². The molecule has 308 valence electrons. The van der Waals surface area contributed by atoms with Gasteiger partial charge in [0, 0.05) is 39.8 Å². The summed E-state index contributed by atoms with van der Waals surface area (Å²) in [6, 6.07) is 15.0. The lowest BCUT2D eigenvalue weighted by atomic mass is 9.92. The van der Waals surface area contributed by atoms with Gasteiger partial charge in [-0.1, -0.05) is 0 Å². The second kappa shape index (κ2) is 16.0. The van der Waals surface area contributed by atoms with Crippen LogP contribution < -0.4 is 0 Å². The Kier molecular flexibility index (Phi) is 10.5. The monoisotopic (exact) mass is 808 g/mol. The minimum Gasteiger partial charge on any atom is -0.306 e. The smallest absolute Gasteiger partial charge is 0.156 e. The fourth-order valence-electron chi connectivity index (χ4n) is 8.72. The minimum atomic E-state index is -0.289. The van der Waals surface area contributed by atoms with Crippen LogP contribution in [0.2, 0.25) is 0 Å². The molecule has 2 fully saturated rings. The summed E-state index contributed by atoms with van der Waals surface area (Å²) < 4.78 is 33.7. The number of rotatable bonds is 5. The number of halogens is 2. The van der Waals surface area contributed by atoms with E-state index in [2.05, 4.69) is 71.3 Å². The van der Waals surface area contributed by atoms with Crippen LogP contribution in [0.4, 0.5) is 8.78 Å². The quantitative estimate of drug-likeness (QED) is 0.167. The lowest BCUT2D eigenvalue weighted by Crippen LogP contribution is -2.38. The Hall–Kier alpha value is -5.86. The molecule has 0 spiro atoms. The van der Waals surface area contributed by atoms with Gasteiger partial charge in [-0.05, 0) is 160 Å². The van der Waals surface area contributed by atoms with Crippen LogP contribution in [0, 0.1) is 39.3 Å². The molecular formula is C46H50F2N12. The van der Waals surface area contributed by atoms with Gasteiger partial charge < -0.3 is 9.80 Å². The molecule has 0 unspecified atom stereocenters. The summed E-state index contributed by atoms with van der Waals surface area (Å²) in [5.74, 6) is 0.105. The predicted molar refractivity (Wildman–Crippen MR) is 230 cm³/mol. The van der Waals surface area contributed by atoms with Crippen molar-refractivity contribution in [2.24, 2.45) is 0 Å². The standard InChI is InChI=1S/C24H27FN6.C22H23FN6/c1-14(2)30-7-5-17(6-8-30)21-12-19-20(25)10-18(11-23(19)28-27-21)22-9-15(3)24-26-16(4)13-31(24)29-22;1-13-8-20(27-29-12-14(2)24-22(13)29)16-9-18(23)17-11-19(25-26-21(17)10-16)15-4-6-28(3)7-5-15/h9-14,17H,5-8H2,1-4H3;8-12,15H,4-7H2,1-3H3. The minimum absolute atomic E-state index is 0.287. The molecular weight excluding hydrogens is 759 g/mol. The molecule has 2 aromatic carbocycles. The molecule has 0 N–H and O–H groups in total. The van der Waals surface area contributed by atoms with Crippen LogP contribution in [0.25, 0.3) is 55.6 Å². The molecule has 0 bridgehead atoms. The third kappa shape index (κ3) is 7.81. The molecule has 0 saturated carbocycles.